The molecule has 0 radical (unpaired) electrons. The summed E-state index contributed by atoms with van der Waals surface area (Å²) in [5.41, 5.74) is 1.29. The van der Waals surface area contributed by atoms with Gasteiger partial charge in [-0.25, -0.2) is 18.2 Å². The largest absolute Gasteiger partial charge is 0.472 e. The number of alkyl halides is 4. The molecule has 6 nitrogen and oxygen atoms in total. The Balaban J connectivity index is 1.55. The van der Waals surface area contributed by atoms with Crippen molar-refractivity contribution in [1.29, 1.82) is 0 Å². The van der Waals surface area contributed by atoms with Gasteiger partial charge in [-0.15, -0.1) is 10.2 Å². The van der Waals surface area contributed by atoms with Crippen molar-refractivity contribution < 1.29 is 31.4 Å². The van der Waals surface area contributed by atoms with Gasteiger partial charge in [-0.3, -0.25) is 4.40 Å². The SMILES string of the molecule is Fc1cc(-c2ccc3nnc(COC(F)F)n3c2)cnc1OC1CC(F)(F)C1. The van der Waals surface area contributed by atoms with Crippen molar-refractivity contribution in [2.45, 2.75) is 38.1 Å². The zero-order valence-corrected chi connectivity index (χ0v) is 14.2. The van der Waals surface area contributed by atoms with Gasteiger partial charge in [0.1, 0.15) is 12.7 Å². The van der Waals surface area contributed by atoms with Crippen LogP contribution in [0.4, 0.5) is 22.0 Å². The van der Waals surface area contributed by atoms with E-state index in [1.807, 2.05) is 0 Å². The minimum Gasteiger partial charge on any atom is -0.472 e. The first kappa shape index (κ1) is 18.5. The Morgan fingerprint density at radius 3 is 2.64 bits per heavy atom. The van der Waals surface area contributed by atoms with Crippen molar-refractivity contribution in [3.8, 4) is 17.0 Å². The molecule has 0 bridgehead atoms. The molecule has 1 aliphatic rings. The summed E-state index contributed by atoms with van der Waals surface area (Å²) >= 11 is 0. The van der Waals surface area contributed by atoms with Crippen LogP contribution in [0.15, 0.2) is 30.6 Å². The van der Waals surface area contributed by atoms with E-state index < -0.39 is 43.9 Å². The van der Waals surface area contributed by atoms with Gasteiger partial charge >= 0.3 is 6.61 Å². The molecular weight excluding hydrogens is 387 g/mol. The summed E-state index contributed by atoms with van der Waals surface area (Å²) in [6.07, 6.45) is 1.15. The number of fused-ring (bicyclic) bond motifs is 1. The van der Waals surface area contributed by atoms with Crippen LogP contribution in [-0.2, 0) is 11.3 Å². The van der Waals surface area contributed by atoms with Crippen molar-refractivity contribution in [3.63, 3.8) is 0 Å². The van der Waals surface area contributed by atoms with Crippen LogP contribution in [0.2, 0.25) is 0 Å². The van der Waals surface area contributed by atoms with Gasteiger partial charge in [0, 0.05) is 36.4 Å². The zero-order valence-electron chi connectivity index (χ0n) is 14.2. The highest BCUT2D eigenvalue weighted by Gasteiger charge is 2.47. The van der Waals surface area contributed by atoms with Crippen LogP contribution >= 0.6 is 0 Å². The number of pyridine rings is 2. The smallest absolute Gasteiger partial charge is 0.345 e. The Labute approximate surface area is 154 Å². The Kier molecular flexibility index (Phi) is 4.61. The highest BCUT2D eigenvalue weighted by molar-refractivity contribution is 5.64. The third kappa shape index (κ3) is 3.75. The molecule has 0 aromatic carbocycles. The predicted molar refractivity (Wildman–Crippen MR) is 85.6 cm³/mol. The quantitative estimate of drug-likeness (QED) is 0.589. The molecule has 0 saturated heterocycles. The second-order valence-corrected chi connectivity index (χ2v) is 6.35. The molecule has 28 heavy (non-hydrogen) atoms. The van der Waals surface area contributed by atoms with Crippen molar-refractivity contribution in [3.05, 3.63) is 42.2 Å². The molecule has 0 unspecified atom stereocenters. The van der Waals surface area contributed by atoms with E-state index in [-0.39, 0.29) is 11.7 Å². The fraction of sp³-hybridized carbons (Fsp3) is 0.353. The molecule has 148 valence electrons. The fourth-order valence-corrected chi connectivity index (χ4v) is 2.86. The van der Waals surface area contributed by atoms with Crippen molar-refractivity contribution in [1.82, 2.24) is 19.6 Å². The number of rotatable bonds is 6. The average Bonchev–Trinajstić information content (AvgIpc) is 3.02. The first-order valence-corrected chi connectivity index (χ1v) is 8.24. The number of ether oxygens (including phenoxy) is 2. The van der Waals surface area contributed by atoms with Gasteiger partial charge < -0.3 is 9.47 Å². The fourth-order valence-electron chi connectivity index (χ4n) is 2.86. The van der Waals surface area contributed by atoms with Gasteiger partial charge in [0.25, 0.3) is 11.8 Å². The molecule has 1 aliphatic carbocycles. The van der Waals surface area contributed by atoms with Crippen LogP contribution in [0.1, 0.15) is 18.7 Å². The van der Waals surface area contributed by atoms with E-state index >= 15 is 0 Å². The Morgan fingerprint density at radius 2 is 1.96 bits per heavy atom. The van der Waals surface area contributed by atoms with Crippen molar-refractivity contribution in [2.24, 2.45) is 0 Å². The summed E-state index contributed by atoms with van der Waals surface area (Å²) in [6, 6.07) is 4.36. The van der Waals surface area contributed by atoms with E-state index in [9.17, 15) is 22.0 Å². The number of halogens is 5. The minimum atomic E-state index is -2.95. The third-order valence-electron chi connectivity index (χ3n) is 4.28. The lowest BCUT2D eigenvalue weighted by molar-refractivity contribution is -0.139. The van der Waals surface area contributed by atoms with Gasteiger partial charge in [-0.1, -0.05) is 0 Å². The first-order chi connectivity index (χ1) is 13.3. The average molecular weight is 400 g/mol. The summed E-state index contributed by atoms with van der Waals surface area (Å²) in [6.45, 7) is -3.40. The zero-order chi connectivity index (χ0) is 19.9. The molecule has 11 heteroatoms. The van der Waals surface area contributed by atoms with E-state index in [1.54, 1.807) is 12.1 Å². The molecule has 0 aliphatic heterocycles. The molecule has 0 spiro atoms. The summed E-state index contributed by atoms with van der Waals surface area (Å²) in [5, 5.41) is 7.62. The lowest BCUT2D eigenvalue weighted by Gasteiger charge is -2.34. The highest BCUT2D eigenvalue weighted by atomic mass is 19.3. The van der Waals surface area contributed by atoms with E-state index in [1.165, 1.54) is 16.8 Å². The second-order valence-electron chi connectivity index (χ2n) is 6.35. The van der Waals surface area contributed by atoms with Crippen molar-refractivity contribution >= 4 is 5.65 Å². The Morgan fingerprint density at radius 1 is 1.18 bits per heavy atom. The first-order valence-electron chi connectivity index (χ1n) is 8.24. The summed E-state index contributed by atoms with van der Waals surface area (Å²) in [5.74, 6) is -3.77. The van der Waals surface area contributed by atoms with E-state index in [4.69, 9.17) is 4.74 Å². The lowest BCUT2D eigenvalue weighted by Crippen LogP contribution is -2.43. The molecule has 1 saturated carbocycles. The standard InChI is InChI=1S/C17H13F5N4O2/c18-12-3-10(6-23-15(12)28-11-4-17(21,22)5-11)9-1-2-13-24-25-14(26(13)7-9)8-27-16(19)20/h1-3,6-7,11,16H,4-5,8H2. The maximum Gasteiger partial charge on any atom is 0.345 e. The highest BCUT2D eigenvalue weighted by Crippen LogP contribution is 2.40. The molecule has 3 aromatic heterocycles. The number of nitrogens with zero attached hydrogens (tertiary/aromatic N) is 4. The van der Waals surface area contributed by atoms with E-state index in [2.05, 4.69) is 19.9 Å². The van der Waals surface area contributed by atoms with Gasteiger partial charge in [-0.05, 0) is 18.2 Å². The van der Waals surface area contributed by atoms with Crippen LogP contribution < -0.4 is 4.74 Å². The molecule has 0 atom stereocenters. The summed E-state index contributed by atoms with van der Waals surface area (Å²) in [4.78, 5) is 3.87. The third-order valence-corrected chi connectivity index (χ3v) is 4.28. The predicted octanol–water partition coefficient (Wildman–Crippen LogP) is 3.85. The number of hydrogen-bond acceptors (Lipinski definition) is 5. The van der Waals surface area contributed by atoms with Crippen LogP contribution in [0.5, 0.6) is 5.88 Å². The van der Waals surface area contributed by atoms with E-state index in [0.717, 1.165) is 6.07 Å². The molecule has 0 amide bonds. The maximum absolute atomic E-state index is 14.3. The number of hydrogen-bond donors (Lipinski definition) is 0. The summed E-state index contributed by atoms with van der Waals surface area (Å²) < 4.78 is 75.3. The molecular formula is C17H13F5N4O2. The van der Waals surface area contributed by atoms with Crippen LogP contribution in [0, 0.1) is 5.82 Å². The molecule has 3 aromatic rings. The van der Waals surface area contributed by atoms with Gasteiger partial charge in [-0.2, -0.15) is 8.78 Å². The van der Waals surface area contributed by atoms with Crippen LogP contribution in [0.3, 0.4) is 0 Å². The normalized spacial score (nSPS) is 16.5. The lowest BCUT2D eigenvalue weighted by atomic mass is 9.91. The number of aromatic nitrogens is 4. The molecule has 4 rings (SSSR count). The Bertz CT molecular complexity index is 1000. The topological polar surface area (TPSA) is 61.5 Å². The van der Waals surface area contributed by atoms with Gasteiger partial charge in [0.05, 0.1) is 0 Å². The second kappa shape index (κ2) is 6.97. The van der Waals surface area contributed by atoms with Crippen molar-refractivity contribution in [2.75, 3.05) is 0 Å². The minimum absolute atomic E-state index is 0.149. The van der Waals surface area contributed by atoms with Crippen LogP contribution in [-0.4, -0.2) is 38.2 Å². The monoisotopic (exact) mass is 400 g/mol. The Hall–Kier alpha value is -2.82. The maximum atomic E-state index is 14.3. The van der Waals surface area contributed by atoms with Gasteiger partial charge in [0.15, 0.2) is 17.3 Å². The molecule has 0 N–H and O–H groups in total. The van der Waals surface area contributed by atoms with E-state index in [0.29, 0.717) is 16.8 Å². The molecule has 3 heterocycles. The molecule has 1 fully saturated rings. The summed E-state index contributed by atoms with van der Waals surface area (Å²) in [7, 11) is 0. The van der Waals surface area contributed by atoms with Crippen LogP contribution in [0.25, 0.3) is 16.8 Å². The van der Waals surface area contributed by atoms with Gasteiger partial charge in [0.2, 0.25) is 0 Å².